The summed E-state index contributed by atoms with van der Waals surface area (Å²) in [6.45, 7) is 8.77. The van der Waals surface area contributed by atoms with Crippen molar-refractivity contribution in [3.63, 3.8) is 0 Å². The van der Waals surface area contributed by atoms with Gasteiger partial charge in [0, 0.05) is 56.8 Å². The van der Waals surface area contributed by atoms with Gasteiger partial charge in [-0.05, 0) is 65.0 Å². The van der Waals surface area contributed by atoms with Crippen LogP contribution in [0.15, 0.2) is 0 Å². The Hall–Kier alpha value is -1.48. The number of amides is 1. The van der Waals surface area contributed by atoms with Crippen LogP contribution in [0.1, 0.15) is 81.2 Å². The van der Waals surface area contributed by atoms with Crippen LogP contribution in [-0.2, 0) is 33.9 Å². The average molecular weight is 504 g/mol. The minimum Gasteiger partial charge on any atom is -0.384 e. The number of nitrogens with zero attached hydrogens (tertiary/aromatic N) is 4. The molecule has 2 fully saturated rings. The monoisotopic (exact) mass is 503 g/mol. The molecule has 3 aliphatic rings. The first-order valence-corrected chi connectivity index (χ1v) is 14.1. The van der Waals surface area contributed by atoms with E-state index >= 15 is 0 Å². The maximum atomic E-state index is 13.6. The Bertz CT molecular complexity index is 859. The molecule has 0 bridgehead atoms. The second kappa shape index (κ2) is 11.9. The fraction of sp³-hybridized carbons (Fsp3) is 0.857. The Kier molecular flexibility index (Phi) is 9.13. The number of hydrogen-bond acceptors (Lipinski definition) is 6. The van der Waals surface area contributed by atoms with E-state index in [0.717, 1.165) is 90.9 Å². The molecule has 36 heavy (non-hydrogen) atoms. The fourth-order valence-corrected chi connectivity index (χ4v) is 6.91. The number of aromatic nitrogens is 2. The van der Waals surface area contributed by atoms with E-state index in [9.17, 15) is 4.79 Å². The number of carbonyl (C=O) groups excluding carboxylic acids is 1. The Balaban J connectivity index is 1.59. The van der Waals surface area contributed by atoms with E-state index in [2.05, 4.69) is 33.8 Å². The minimum absolute atomic E-state index is 0.108. The third-order valence-electron chi connectivity index (χ3n) is 9.34. The van der Waals surface area contributed by atoms with Crippen molar-refractivity contribution in [1.29, 1.82) is 0 Å². The average Bonchev–Trinajstić information content (AvgIpc) is 3.20. The number of carbonyl (C=O) groups is 1. The summed E-state index contributed by atoms with van der Waals surface area (Å²) in [7, 11) is 7.78. The molecule has 0 aromatic carbocycles. The van der Waals surface area contributed by atoms with Crippen molar-refractivity contribution in [2.45, 2.75) is 83.8 Å². The van der Waals surface area contributed by atoms with Gasteiger partial charge in [0.25, 0.3) is 0 Å². The minimum atomic E-state index is -0.108. The molecule has 1 aromatic rings. The van der Waals surface area contributed by atoms with E-state index in [0.29, 0.717) is 18.4 Å². The molecular formula is C28H49N5O3. The predicted molar refractivity (Wildman–Crippen MR) is 142 cm³/mol. The summed E-state index contributed by atoms with van der Waals surface area (Å²) in [6, 6.07) is 0. The van der Waals surface area contributed by atoms with Gasteiger partial charge in [0.05, 0.1) is 37.7 Å². The van der Waals surface area contributed by atoms with Crippen LogP contribution in [0.5, 0.6) is 0 Å². The highest BCUT2D eigenvalue weighted by molar-refractivity contribution is 5.83. The SMILES string of the molecule is CCC1(C(=O)N2CCn3nc(CN(C)CCNC)c(C4CCC(COC)(COC)CC4)c3C2)CCC1. The van der Waals surface area contributed by atoms with E-state index in [-0.39, 0.29) is 10.8 Å². The van der Waals surface area contributed by atoms with E-state index in [1.54, 1.807) is 14.2 Å². The summed E-state index contributed by atoms with van der Waals surface area (Å²) in [5, 5.41) is 8.42. The van der Waals surface area contributed by atoms with Crippen LogP contribution in [0.25, 0.3) is 0 Å². The number of nitrogens with one attached hydrogen (secondary N) is 1. The molecule has 0 unspecified atom stereocenters. The number of fused-ring (bicyclic) bond motifs is 1. The van der Waals surface area contributed by atoms with Gasteiger partial charge in [0.1, 0.15) is 0 Å². The second-order valence-electron chi connectivity index (χ2n) is 11.7. The maximum Gasteiger partial charge on any atom is 0.229 e. The topological polar surface area (TPSA) is 71.9 Å². The molecule has 1 amide bonds. The highest BCUT2D eigenvalue weighted by Gasteiger charge is 2.46. The van der Waals surface area contributed by atoms with Crippen LogP contribution in [0.2, 0.25) is 0 Å². The lowest BCUT2D eigenvalue weighted by molar-refractivity contribution is -0.149. The number of hydrogen-bond donors (Lipinski definition) is 1. The van der Waals surface area contributed by atoms with Crippen molar-refractivity contribution < 1.29 is 14.3 Å². The van der Waals surface area contributed by atoms with Crippen LogP contribution in [-0.4, -0.2) is 86.7 Å². The Labute approximate surface area is 218 Å². The van der Waals surface area contributed by atoms with Crippen molar-refractivity contribution in [1.82, 2.24) is 24.9 Å². The Morgan fingerprint density at radius 1 is 1.14 bits per heavy atom. The Morgan fingerprint density at radius 3 is 2.39 bits per heavy atom. The lowest BCUT2D eigenvalue weighted by Crippen LogP contribution is -2.50. The van der Waals surface area contributed by atoms with E-state index in [1.165, 1.54) is 23.4 Å². The number of likely N-dealkylation sites (N-methyl/N-ethyl adjacent to an activating group) is 2. The first-order valence-electron chi connectivity index (χ1n) is 14.1. The highest BCUT2D eigenvalue weighted by atomic mass is 16.5. The zero-order chi connectivity index (χ0) is 25.8. The molecule has 2 saturated carbocycles. The van der Waals surface area contributed by atoms with E-state index in [1.807, 2.05) is 7.05 Å². The van der Waals surface area contributed by atoms with Crippen molar-refractivity contribution in [3.8, 4) is 0 Å². The molecule has 8 nitrogen and oxygen atoms in total. The number of ether oxygens (including phenoxy) is 2. The van der Waals surface area contributed by atoms with Crippen LogP contribution in [0.3, 0.4) is 0 Å². The lowest BCUT2D eigenvalue weighted by Gasteiger charge is -2.44. The van der Waals surface area contributed by atoms with E-state index in [4.69, 9.17) is 14.6 Å². The van der Waals surface area contributed by atoms with Crippen LogP contribution in [0, 0.1) is 10.8 Å². The molecule has 0 atom stereocenters. The van der Waals surface area contributed by atoms with Gasteiger partial charge in [-0.25, -0.2) is 0 Å². The largest absolute Gasteiger partial charge is 0.384 e. The summed E-state index contributed by atoms with van der Waals surface area (Å²) in [6.07, 6.45) is 8.68. The van der Waals surface area contributed by atoms with Crippen LogP contribution in [0.4, 0.5) is 0 Å². The third kappa shape index (κ3) is 5.52. The van der Waals surface area contributed by atoms with Gasteiger partial charge in [0.2, 0.25) is 5.91 Å². The van der Waals surface area contributed by atoms with Gasteiger partial charge in [-0.2, -0.15) is 5.10 Å². The van der Waals surface area contributed by atoms with Crippen molar-refractivity contribution in [2.24, 2.45) is 10.8 Å². The zero-order valence-electron chi connectivity index (χ0n) is 23.4. The molecule has 0 spiro atoms. The van der Waals surface area contributed by atoms with Gasteiger partial charge >= 0.3 is 0 Å². The van der Waals surface area contributed by atoms with Gasteiger partial charge in [-0.3, -0.25) is 14.4 Å². The zero-order valence-corrected chi connectivity index (χ0v) is 23.4. The third-order valence-corrected chi connectivity index (χ3v) is 9.34. The normalized spacial score (nSPS) is 21.4. The number of rotatable bonds is 12. The van der Waals surface area contributed by atoms with Crippen LogP contribution >= 0.6 is 0 Å². The summed E-state index contributed by atoms with van der Waals surface area (Å²) in [5.41, 5.74) is 3.92. The first-order chi connectivity index (χ1) is 17.4. The summed E-state index contributed by atoms with van der Waals surface area (Å²) in [5.74, 6) is 0.854. The fourth-order valence-electron chi connectivity index (χ4n) is 6.91. The summed E-state index contributed by atoms with van der Waals surface area (Å²) >= 11 is 0. The first kappa shape index (κ1) is 27.6. The molecular weight excluding hydrogens is 454 g/mol. The van der Waals surface area contributed by atoms with Gasteiger partial charge < -0.3 is 19.7 Å². The maximum absolute atomic E-state index is 13.6. The van der Waals surface area contributed by atoms with Gasteiger partial charge in [0.15, 0.2) is 0 Å². The molecule has 8 heteroatoms. The molecule has 0 saturated heterocycles. The quantitative estimate of drug-likeness (QED) is 0.471. The standard InChI is InChI=1S/C28H49N5O3/c1-6-28(10-7-11-28)26(34)32-16-17-33-24(19-32)25(23(30-33)18-31(3)15-14-29-2)22-8-12-27(13-9-22,20-35-4)21-36-5/h22,29H,6-21H2,1-5H3. The molecule has 204 valence electrons. The smallest absolute Gasteiger partial charge is 0.229 e. The van der Waals surface area contributed by atoms with Crippen LogP contribution < -0.4 is 5.32 Å². The van der Waals surface area contributed by atoms with Gasteiger partial charge in [-0.1, -0.05) is 13.3 Å². The summed E-state index contributed by atoms with van der Waals surface area (Å²) in [4.78, 5) is 18.1. The van der Waals surface area contributed by atoms with Crippen molar-refractivity contribution >= 4 is 5.91 Å². The summed E-state index contributed by atoms with van der Waals surface area (Å²) < 4.78 is 13.5. The molecule has 1 N–H and O–H groups in total. The number of methoxy groups -OCH3 is 2. The molecule has 2 heterocycles. The van der Waals surface area contributed by atoms with Crippen molar-refractivity contribution in [3.05, 3.63) is 17.0 Å². The molecule has 2 aliphatic carbocycles. The highest BCUT2D eigenvalue weighted by Crippen LogP contribution is 2.48. The van der Waals surface area contributed by atoms with E-state index < -0.39 is 0 Å². The second-order valence-corrected chi connectivity index (χ2v) is 11.7. The van der Waals surface area contributed by atoms with Crippen molar-refractivity contribution in [2.75, 3.05) is 61.2 Å². The molecule has 1 aliphatic heterocycles. The molecule has 1 aromatic heterocycles. The molecule has 0 radical (unpaired) electrons. The predicted octanol–water partition coefficient (Wildman–Crippen LogP) is 3.39. The molecule has 4 rings (SSSR count). The lowest BCUT2D eigenvalue weighted by atomic mass is 9.66. The van der Waals surface area contributed by atoms with Gasteiger partial charge in [-0.15, -0.1) is 0 Å². The Morgan fingerprint density at radius 2 is 1.83 bits per heavy atom.